The van der Waals surface area contributed by atoms with Gasteiger partial charge in [0.1, 0.15) is 24.3 Å². The molecule has 3 heterocycles. The van der Waals surface area contributed by atoms with Crippen LogP contribution in [0.4, 0.5) is 5.69 Å². The molecule has 0 saturated heterocycles. The van der Waals surface area contributed by atoms with Crippen molar-refractivity contribution in [2.75, 3.05) is 13.1 Å². The van der Waals surface area contributed by atoms with Crippen LogP contribution in [0.2, 0.25) is 0 Å². The average molecular weight is 256 g/mol. The fraction of sp³-hybridized carbons (Fsp3) is 0.467. The molecule has 1 fully saturated rings. The molecule has 0 aromatic carbocycles. The Kier molecular flexibility index (Phi) is 2.35. The Morgan fingerprint density at radius 1 is 1.21 bits per heavy atom. The van der Waals surface area contributed by atoms with Crippen LogP contribution in [0.25, 0.3) is 5.57 Å². The summed E-state index contributed by atoms with van der Waals surface area (Å²) in [6.45, 7) is 2.12. The van der Waals surface area contributed by atoms with E-state index in [9.17, 15) is 0 Å². The van der Waals surface area contributed by atoms with Crippen molar-refractivity contribution in [3.05, 3.63) is 38.0 Å². The number of hydrogen-bond acceptors (Lipinski definition) is 2. The van der Waals surface area contributed by atoms with E-state index in [1.165, 1.54) is 41.9 Å². The number of quaternary nitrogens is 2. The van der Waals surface area contributed by atoms with E-state index in [1.807, 2.05) is 6.20 Å². The molecule has 4 rings (SSSR count). The fourth-order valence-corrected chi connectivity index (χ4v) is 4.33. The molecule has 0 radical (unpaired) electrons. The molecule has 1 spiro atoms. The highest BCUT2D eigenvalue weighted by molar-refractivity contribution is 5.79. The lowest BCUT2D eigenvalue weighted by Gasteiger charge is -2.40. The standard InChI is InChI=1S/C15H20N4/c1-18-8-12-13(15(9-18)5-3-4-6-15)14-11(19(12)2)7-16-10-17-14/h7,10,18-19H,1-6,8-9H2. The molecule has 0 amide bonds. The van der Waals surface area contributed by atoms with E-state index in [1.54, 1.807) is 6.33 Å². The monoisotopic (exact) mass is 256 g/mol. The second kappa shape index (κ2) is 3.87. The maximum Gasteiger partial charge on any atom is 0.154 e. The first-order chi connectivity index (χ1) is 9.21. The number of hydrogen-bond donors (Lipinski definition) is 2. The van der Waals surface area contributed by atoms with Crippen molar-refractivity contribution >= 4 is 11.3 Å². The first kappa shape index (κ1) is 11.6. The van der Waals surface area contributed by atoms with E-state index in [-0.39, 0.29) is 0 Å². The van der Waals surface area contributed by atoms with Gasteiger partial charge in [-0.25, -0.2) is 9.97 Å². The van der Waals surface area contributed by atoms with Crippen LogP contribution in [0, 0.1) is 19.5 Å². The van der Waals surface area contributed by atoms with Crippen molar-refractivity contribution in [1.29, 1.82) is 0 Å². The number of rotatable bonds is 0. The predicted octanol–water partition coefficient (Wildman–Crippen LogP) is -0.240. The van der Waals surface area contributed by atoms with Gasteiger partial charge in [0.15, 0.2) is 5.69 Å². The Morgan fingerprint density at radius 2 is 2.00 bits per heavy atom. The molecule has 2 atom stereocenters. The van der Waals surface area contributed by atoms with Gasteiger partial charge >= 0.3 is 0 Å². The zero-order valence-corrected chi connectivity index (χ0v) is 11.2. The van der Waals surface area contributed by atoms with E-state index in [4.69, 9.17) is 0 Å². The van der Waals surface area contributed by atoms with Crippen LogP contribution < -0.4 is 9.80 Å². The summed E-state index contributed by atoms with van der Waals surface area (Å²) in [7, 11) is 8.57. The largest absolute Gasteiger partial charge is 0.459 e. The molecule has 1 aromatic rings. The molecule has 1 saturated carbocycles. The highest BCUT2D eigenvalue weighted by Gasteiger charge is 2.50. The molecular weight excluding hydrogens is 236 g/mol. The minimum Gasteiger partial charge on any atom is -0.459 e. The third-order valence-electron chi connectivity index (χ3n) is 5.05. The molecule has 0 bridgehead atoms. The quantitative estimate of drug-likeness (QED) is 0.628. The minimum absolute atomic E-state index is 0.299. The van der Waals surface area contributed by atoms with E-state index in [0.29, 0.717) is 5.41 Å². The Morgan fingerprint density at radius 3 is 2.79 bits per heavy atom. The Bertz CT molecular complexity index is 557. The molecule has 2 unspecified atom stereocenters. The molecule has 100 valence electrons. The van der Waals surface area contributed by atoms with Crippen LogP contribution in [-0.2, 0) is 0 Å². The SMILES string of the molecule is [CH2-][NH+]1CC2=C(c3ncncc3[NH+]2[CH2-])C2(CCCC2)C1. The highest BCUT2D eigenvalue weighted by Crippen LogP contribution is 2.51. The lowest BCUT2D eigenvalue weighted by molar-refractivity contribution is -0.878. The molecule has 2 N–H and O–H groups in total. The molecule has 1 aliphatic carbocycles. The highest BCUT2D eigenvalue weighted by atomic mass is 15.2. The Hall–Kier alpha value is -1.26. The van der Waals surface area contributed by atoms with Crippen molar-refractivity contribution in [3.8, 4) is 0 Å². The summed E-state index contributed by atoms with van der Waals surface area (Å²) in [4.78, 5) is 11.3. The van der Waals surface area contributed by atoms with Gasteiger partial charge in [-0.15, -0.1) is 7.05 Å². The van der Waals surface area contributed by atoms with Gasteiger partial charge in [-0.3, -0.25) is 0 Å². The zero-order valence-electron chi connectivity index (χ0n) is 11.2. The van der Waals surface area contributed by atoms with Crippen LogP contribution in [0.15, 0.2) is 18.2 Å². The predicted molar refractivity (Wildman–Crippen MR) is 71.9 cm³/mol. The Balaban J connectivity index is 1.93. The van der Waals surface area contributed by atoms with Crippen LogP contribution >= 0.6 is 0 Å². The first-order valence-electron chi connectivity index (χ1n) is 7.12. The molecule has 1 aromatic heterocycles. The van der Waals surface area contributed by atoms with Crippen molar-refractivity contribution in [2.24, 2.45) is 5.41 Å². The summed E-state index contributed by atoms with van der Waals surface area (Å²) >= 11 is 0. The number of nitrogens with zero attached hydrogens (tertiary/aromatic N) is 2. The molecular formula is C15H20N4. The lowest BCUT2D eigenvalue weighted by Crippen LogP contribution is -3.14. The van der Waals surface area contributed by atoms with Crippen LogP contribution in [0.1, 0.15) is 31.4 Å². The van der Waals surface area contributed by atoms with Crippen molar-refractivity contribution in [1.82, 2.24) is 9.97 Å². The van der Waals surface area contributed by atoms with Gasteiger partial charge in [-0.05, 0) is 12.8 Å². The summed E-state index contributed by atoms with van der Waals surface area (Å²) < 4.78 is 0. The summed E-state index contributed by atoms with van der Waals surface area (Å²) in [6, 6.07) is 0. The van der Waals surface area contributed by atoms with Gasteiger partial charge in [-0.1, -0.05) is 12.8 Å². The maximum absolute atomic E-state index is 4.58. The van der Waals surface area contributed by atoms with Gasteiger partial charge < -0.3 is 9.80 Å². The van der Waals surface area contributed by atoms with E-state index in [0.717, 1.165) is 29.4 Å². The topological polar surface area (TPSA) is 34.7 Å². The van der Waals surface area contributed by atoms with Crippen molar-refractivity contribution in [3.63, 3.8) is 0 Å². The molecule has 4 nitrogen and oxygen atoms in total. The van der Waals surface area contributed by atoms with E-state index < -0.39 is 0 Å². The van der Waals surface area contributed by atoms with Gasteiger partial charge in [0, 0.05) is 0 Å². The first-order valence-corrected chi connectivity index (χ1v) is 7.12. The summed E-state index contributed by atoms with van der Waals surface area (Å²) in [5.74, 6) is 0. The normalized spacial score (nSPS) is 31.7. The fourth-order valence-electron chi connectivity index (χ4n) is 4.33. The van der Waals surface area contributed by atoms with Gasteiger partial charge in [0.05, 0.1) is 23.7 Å². The van der Waals surface area contributed by atoms with Gasteiger partial charge in [-0.2, -0.15) is 7.05 Å². The van der Waals surface area contributed by atoms with Gasteiger partial charge in [0.2, 0.25) is 0 Å². The summed E-state index contributed by atoms with van der Waals surface area (Å²) in [5, 5.41) is 0. The van der Waals surface area contributed by atoms with Crippen molar-refractivity contribution in [2.45, 2.75) is 25.7 Å². The molecule has 19 heavy (non-hydrogen) atoms. The maximum atomic E-state index is 4.58. The minimum atomic E-state index is 0.299. The van der Waals surface area contributed by atoms with Crippen LogP contribution in [0.3, 0.4) is 0 Å². The smallest absolute Gasteiger partial charge is 0.154 e. The number of fused-ring (bicyclic) bond motifs is 3. The third kappa shape index (κ3) is 1.47. The molecule has 4 heteroatoms. The lowest BCUT2D eigenvalue weighted by atomic mass is 9.74. The molecule has 3 aliphatic rings. The second-order valence-electron chi connectivity index (χ2n) is 6.21. The summed E-state index contributed by atoms with van der Waals surface area (Å²) in [6.07, 6.45) is 8.82. The van der Waals surface area contributed by atoms with Crippen LogP contribution in [-0.4, -0.2) is 23.1 Å². The second-order valence-corrected chi connectivity index (χ2v) is 6.21. The number of nitrogens with one attached hydrogen (secondary N) is 2. The van der Waals surface area contributed by atoms with Crippen molar-refractivity contribution < 1.29 is 9.80 Å². The molecule has 2 aliphatic heterocycles. The van der Waals surface area contributed by atoms with Crippen LogP contribution in [0.5, 0.6) is 0 Å². The zero-order chi connectivity index (χ0) is 13.0. The van der Waals surface area contributed by atoms with E-state index >= 15 is 0 Å². The average Bonchev–Trinajstić information content (AvgIpc) is 2.96. The summed E-state index contributed by atoms with van der Waals surface area (Å²) in [5.41, 5.74) is 5.49. The Labute approximate surface area is 114 Å². The van der Waals surface area contributed by atoms with E-state index in [2.05, 4.69) is 24.1 Å². The van der Waals surface area contributed by atoms with Gasteiger partial charge in [0.25, 0.3) is 0 Å². The number of aromatic nitrogens is 2. The third-order valence-corrected chi connectivity index (χ3v) is 5.05.